The molecule has 38 heavy (non-hydrogen) atoms. The third-order valence-corrected chi connectivity index (χ3v) is 10.5. The van der Waals surface area contributed by atoms with E-state index in [9.17, 15) is 29.1 Å². The molecular formula is C28H38N2O6S2. The molecule has 2 fully saturated rings. The summed E-state index contributed by atoms with van der Waals surface area (Å²) < 4.78 is 0.0373. The molecule has 1 unspecified atom stereocenters. The van der Waals surface area contributed by atoms with E-state index in [2.05, 4.69) is 10.2 Å². The lowest BCUT2D eigenvalue weighted by molar-refractivity contribution is -0.142. The topological polar surface area (TPSA) is 121 Å². The Hall–Kier alpha value is -2.17. The zero-order valence-electron chi connectivity index (χ0n) is 22.1. The average molecular weight is 563 g/mol. The van der Waals surface area contributed by atoms with Gasteiger partial charge in [0.05, 0.1) is 10.1 Å². The Morgan fingerprint density at radius 3 is 2.37 bits per heavy atom. The number of thioether (sulfide) groups is 2. The fourth-order valence-electron chi connectivity index (χ4n) is 5.18. The third kappa shape index (κ3) is 7.93. The van der Waals surface area contributed by atoms with Crippen molar-refractivity contribution >= 4 is 52.7 Å². The number of amides is 1. The summed E-state index contributed by atoms with van der Waals surface area (Å²) in [5, 5.41) is 11.9. The first-order valence-electron chi connectivity index (χ1n) is 13.4. The third-order valence-electron chi connectivity index (χ3n) is 7.18. The number of nitrogens with one attached hydrogen (secondary N) is 1. The minimum absolute atomic E-state index is 0.0139. The highest BCUT2D eigenvalue weighted by Gasteiger charge is 2.48. The standard InChI is InChI=1S/C28H38N2O6S2/c1-3-9-20(16-23(32)21-17-28(18-30(21)4-2)37-14-8-15-38-28)26(34)22(31)12-13-24(33)29-25(27(35)36)19-10-6-5-7-11-19/h5-7,10-11,20-21,25H,3-4,8-9,12-18H2,1-2H3,(H,29,33)(H,35,36)/t20?,21-,25-/m0/s1. The molecule has 3 atom stereocenters. The van der Waals surface area contributed by atoms with Crippen LogP contribution in [0.2, 0.25) is 0 Å². The first kappa shape index (κ1) is 30.4. The van der Waals surface area contributed by atoms with Crippen LogP contribution in [0.3, 0.4) is 0 Å². The number of hydrogen-bond acceptors (Lipinski definition) is 8. The summed E-state index contributed by atoms with van der Waals surface area (Å²) in [6.45, 7) is 5.58. The van der Waals surface area contributed by atoms with Crippen LogP contribution in [0.1, 0.15) is 70.4 Å². The molecular weight excluding hydrogens is 524 g/mol. The fraction of sp³-hybridized carbons (Fsp3) is 0.607. The quantitative estimate of drug-likeness (QED) is 0.325. The number of carboxylic acid groups (broad SMARTS) is 1. The van der Waals surface area contributed by atoms with Crippen LogP contribution in [0.25, 0.3) is 0 Å². The Balaban J connectivity index is 1.56. The van der Waals surface area contributed by atoms with Gasteiger partial charge in [-0.3, -0.25) is 24.1 Å². The molecule has 0 aliphatic carbocycles. The Labute approximate surface area is 233 Å². The minimum atomic E-state index is -1.24. The zero-order valence-corrected chi connectivity index (χ0v) is 23.8. The summed E-state index contributed by atoms with van der Waals surface area (Å²) in [5.74, 6) is -1.61. The predicted molar refractivity (Wildman–Crippen MR) is 150 cm³/mol. The van der Waals surface area contributed by atoms with Crippen molar-refractivity contribution in [3.8, 4) is 0 Å². The number of rotatable bonds is 14. The van der Waals surface area contributed by atoms with Crippen molar-refractivity contribution in [1.82, 2.24) is 10.2 Å². The Morgan fingerprint density at radius 1 is 1.08 bits per heavy atom. The number of likely N-dealkylation sites (N-methyl/N-ethyl adjacent to an activating group) is 1. The number of hydrogen-bond donors (Lipinski definition) is 2. The lowest BCUT2D eigenvalue weighted by atomic mass is 9.87. The summed E-state index contributed by atoms with van der Waals surface area (Å²) in [7, 11) is 0. The molecule has 1 aromatic carbocycles. The highest BCUT2D eigenvalue weighted by atomic mass is 32.2. The van der Waals surface area contributed by atoms with Crippen LogP contribution in [0.5, 0.6) is 0 Å². The summed E-state index contributed by atoms with van der Waals surface area (Å²) in [4.78, 5) is 65.4. The van der Waals surface area contributed by atoms with Crippen LogP contribution in [0.4, 0.5) is 0 Å². The predicted octanol–water partition coefficient (Wildman–Crippen LogP) is 3.88. The second-order valence-corrected chi connectivity index (χ2v) is 13.2. The van der Waals surface area contributed by atoms with Crippen molar-refractivity contribution in [2.75, 3.05) is 24.6 Å². The van der Waals surface area contributed by atoms with Crippen LogP contribution in [0.15, 0.2) is 30.3 Å². The fourth-order valence-corrected chi connectivity index (χ4v) is 8.58. The average Bonchev–Trinajstić information content (AvgIpc) is 3.28. The van der Waals surface area contributed by atoms with Gasteiger partial charge in [0.15, 0.2) is 17.6 Å². The first-order valence-corrected chi connectivity index (χ1v) is 15.4. The molecule has 0 radical (unpaired) electrons. The van der Waals surface area contributed by atoms with E-state index in [1.165, 1.54) is 6.42 Å². The van der Waals surface area contributed by atoms with Gasteiger partial charge in [0, 0.05) is 31.7 Å². The van der Waals surface area contributed by atoms with Crippen molar-refractivity contribution < 1.29 is 29.1 Å². The van der Waals surface area contributed by atoms with Gasteiger partial charge in [-0.2, -0.15) is 0 Å². The van der Waals surface area contributed by atoms with Crippen molar-refractivity contribution in [3.05, 3.63) is 35.9 Å². The van der Waals surface area contributed by atoms with Crippen molar-refractivity contribution in [2.24, 2.45) is 5.92 Å². The molecule has 10 heteroatoms. The largest absolute Gasteiger partial charge is 0.479 e. The van der Waals surface area contributed by atoms with Crippen molar-refractivity contribution in [2.45, 2.75) is 75.0 Å². The molecule has 2 aliphatic rings. The molecule has 0 saturated carbocycles. The molecule has 2 saturated heterocycles. The van der Waals surface area contributed by atoms with Crippen LogP contribution >= 0.6 is 23.5 Å². The first-order chi connectivity index (χ1) is 18.2. The molecule has 8 nitrogen and oxygen atoms in total. The number of aliphatic carboxylic acids is 1. The summed E-state index contributed by atoms with van der Waals surface area (Å²) in [6, 6.07) is 6.80. The maximum Gasteiger partial charge on any atom is 0.330 e. The normalized spacial score (nSPS) is 20.5. The molecule has 208 valence electrons. The Bertz CT molecular complexity index is 1010. The maximum atomic E-state index is 13.4. The van der Waals surface area contributed by atoms with E-state index in [1.807, 2.05) is 37.4 Å². The lowest BCUT2D eigenvalue weighted by Gasteiger charge is -2.31. The Kier molecular flexibility index (Phi) is 11.4. The molecule has 2 aliphatic heterocycles. The maximum absolute atomic E-state index is 13.4. The van der Waals surface area contributed by atoms with E-state index in [-0.39, 0.29) is 35.2 Å². The number of carbonyl (C=O) groups is 5. The number of ketones is 3. The molecule has 3 rings (SSSR count). The van der Waals surface area contributed by atoms with Crippen LogP contribution in [-0.2, 0) is 24.0 Å². The number of nitrogens with zero attached hydrogens (tertiary/aromatic N) is 1. The van der Waals surface area contributed by atoms with Crippen LogP contribution in [0, 0.1) is 5.92 Å². The summed E-state index contributed by atoms with van der Waals surface area (Å²) in [6.07, 6.45) is 2.46. The second-order valence-electron chi connectivity index (χ2n) is 9.94. The molecule has 0 aromatic heterocycles. The highest BCUT2D eigenvalue weighted by molar-refractivity contribution is 8.18. The van der Waals surface area contributed by atoms with Crippen LogP contribution in [-0.4, -0.2) is 73.9 Å². The monoisotopic (exact) mass is 562 g/mol. The van der Waals surface area contributed by atoms with Crippen LogP contribution < -0.4 is 5.32 Å². The lowest BCUT2D eigenvalue weighted by Crippen LogP contribution is -2.38. The van der Waals surface area contributed by atoms with Gasteiger partial charge < -0.3 is 10.4 Å². The van der Waals surface area contributed by atoms with Gasteiger partial charge in [0.2, 0.25) is 11.7 Å². The van der Waals surface area contributed by atoms with E-state index in [0.717, 1.165) is 31.0 Å². The van der Waals surface area contributed by atoms with Gasteiger partial charge in [-0.25, -0.2) is 4.79 Å². The Morgan fingerprint density at radius 2 is 1.76 bits per heavy atom. The number of benzene rings is 1. The van der Waals surface area contributed by atoms with E-state index in [4.69, 9.17) is 0 Å². The number of Topliss-reactive ketones (excluding diaryl/α,β-unsaturated/α-hetero) is 3. The number of carboxylic acids is 1. The molecule has 2 N–H and O–H groups in total. The van der Waals surface area contributed by atoms with E-state index in [1.54, 1.807) is 30.3 Å². The number of likely N-dealkylation sites (tertiary alicyclic amines) is 1. The van der Waals surface area contributed by atoms with Gasteiger partial charge in [-0.05, 0) is 42.9 Å². The van der Waals surface area contributed by atoms with E-state index >= 15 is 0 Å². The van der Waals surface area contributed by atoms with Gasteiger partial charge in [0.25, 0.3) is 0 Å². The molecule has 0 bridgehead atoms. The summed E-state index contributed by atoms with van der Waals surface area (Å²) >= 11 is 3.88. The molecule has 1 amide bonds. The smallest absolute Gasteiger partial charge is 0.330 e. The number of carbonyl (C=O) groups excluding carboxylic acids is 4. The molecule has 1 aromatic rings. The van der Waals surface area contributed by atoms with Gasteiger partial charge in [-0.1, -0.05) is 50.6 Å². The highest BCUT2D eigenvalue weighted by Crippen LogP contribution is 2.50. The van der Waals surface area contributed by atoms with Gasteiger partial charge in [-0.15, -0.1) is 23.5 Å². The minimum Gasteiger partial charge on any atom is -0.479 e. The van der Waals surface area contributed by atoms with Gasteiger partial charge in [0.1, 0.15) is 0 Å². The SMILES string of the molecule is CCCC(CC(=O)[C@@H]1CC2(CN1CC)SCCCS2)C(=O)C(=O)CCC(=O)N[C@H](C(=O)O)c1ccccc1. The second kappa shape index (κ2) is 14.3. The molecule has 2 heterocycles. The van der Waals surface area contributed by atoms with Crippen molar-refractivity contribution in [3.63, 3.8) is 0 Å². The van der Waals surface area contributed by atoms with E-state index < -0.39 is 35.4 Å². The molecule has 1 spiro atoms. The zero-order chi connectivity index (χ0) is 27.7. The van der Waals surface area contributed by atoms with Crippen molar-refractivity contribution in [1.29, 1.82) is 0 Å². The van der Waals surface area contributed by atoms with Gasteiger partial charge >= 0.3 is 5.97 Å². The summed E-state index contributed by atoms with van der Waals surface area (Å²) in [5.41, 5.74) is 0.414. The van der Waals surface area contributed by atoms with E-state index in [0.29, 0.717) is 18.4 Å².